The maximum Gasteiger partial charge on any atom is 0.410 e. The summed E-state index contributed by atoms with van der Waals surface area (Å²) in [6, 6.07) is 9.55. The lowest BCUT2D eigenvalue weighted by molar-refractivity contribution is 0.00426. The highest BCUT2D eigenvalue weighted by Crippen LogP contribution is 2.23. The number of nitrogens with zero attached hydrogens (tertiary/aromatic N) is 1. The van der Waals surface area contributed by atoms with E-state index in [4.69, 9.17) is 4.74 Å². The van der Waals surface area contributed by atoms with Gasteiger partial charge in [-0.1, -0.05) is 24.3 Å². The molecule has 4 nitrogen and oxygen atoms in total. The number of amides is 1. The van der Waals surface area contributed by atoms with Gasteiger partial charge in [0.05, 0.1) is 0 Å². The van der Waals surface area contributed by atoms with Gasteiger partial charge in [-0.05, 0) is 44.7 Å². The lowest BCUT2D eigenvalue weighted by atomic mass is 10.1. The third kappa shape index (κ3) is 3.38. The maximum atomic E-state index is 11.9. The van der Waals surface area contributed by atoms with Gasteiger partial charge in [0.25, 0.3) is 0 Å². The minimum atomic E-state index is -0.414. The van der Waals surface area contributed by atoms with Crippen molar-refractivity contribution in [2.24, 2.45) is 0 Å². The van der Waals surface area contributed by atoms with E-state index in [1.54, 1.807) is 4.90 Å². The molecule has 1 aromatic rings. The predicted molar refractivity (Wildman–Crippen MR) is 82.4 cm³/mol. The number of rotatable bonds is 2. The Morgan fingerprint density at radius 3 is 2.24 bits per heavy atom. The van der Waals surface area contributed by atoms with Crippen molar-refractivity contribution in [3.05, 3.63) is 35.4 Å². The average Bonchev–Trinajstić information content (AvgIpc) is 2.73. The zero-order valence-corrected chi connectivity index (χ0v) is 13.1. The summed E-state index contributed by atoms with van der Waals surface area (Å²) in [5.41, 5.74) is 2.50. The first-order chi connectivity index (χ1) is 9.90. The Labute approximate surface area is 126 Å². The molecule has 0 spiro atoms. The molecule has 1 aromatic carbocycles. The van der Waals surface area contributed by atoms with Crippen molar-refractivity contribution < 1.29 is 9.53 Å². The Morgan fingerprint density at radius 2 is 1.71 bits per heavy atom. The predicted octanol–water partition coefficient (Wildman–Crippen LogP) is 2.36. The van der Waals surface area contributed by atoms with Crippen molar-refractivity contribution in [1.29, 1.82) is 0 Å². The van der Waals surface area contributed by atoms with E-state index in [0.29, 0.717) is 12.1 Å². The van der Waals surface area contributed by atoms with Crippen LogP contribution in [0.5, 0.6) is 0 Å². The molecule has 4 heteroatoms. The summed E-state index contributed by atoms with van der Waals surface area (Å²) in [7, 11) is 0. The van der Waals surface area contributed by atoms with Crippen LogP contribution in [0.3, 0.4) is 0 Å². The average molecular weight is 288 g/mol. The second-order valence-corrected chi connectivity index (χ2v) is 7.12. The minimum Gasteiger partial charge on any atom is -0.444 e. The fourth-order valence-electron chi connectivity index (χ4n) is 3.07. The Bertz CT molecular complexity index is 505. The van der Waals surface area contributed by atoms with Crippen LogP contribution in [-0.2, 0) is 17.6 Å². The van der Waals surface area contributed by atoms with E-state index in [1.807, 2.05) is 20.8 Å². The largest absolute Gasteiger partial charge is 0.444 e. The molecule has 3 rings (SSSR count). The van der Waals surface area contributed by atoms with Gasteiger partial charge in [-0.25, -0.2) is 4.79 Å². The van der Waals surface area contributed by atoms with Gasteiger partial charge in [-0.3, -0.25) is 0 Å². The summed E-state index contributed by atoms with van der Waals surface area (Å²) >= 11 is 0. The summed E-state index contributed by atoms with van der Waals surface area (Å²) in [6.07, 6.45) is 1.99. The highest BCUT2D eigenvalue weighted by molar-refractivity contribution is 5.69. The molecule has 0 unspecified atom stereocenters. The molecule has 2 aliphatic rings. The van der Waals surface area contributed by atoms with Gasteiger partial charge in [0, 0.05) is 25.2 Å². The highest BCUT2D eigenvalue weighted by Gasteiger charge is 2.35. The van der Waals surface area contributed by atoms with Crippen LogP contribution < -0.4 is 5.32 Å². The molecular formula is C17H24N2O2. The Hall–Kier alpha value is -1.55. The summed E-state index contributed by atoms with van der Waals surface area (Å²) < 4.78 is 5.37. The monoisotopic (exact) mass is 288 g/mol. The Kier molecular flexibility index (Phi) is 3.66. The summed E-state index contributed by atoms with van der Waals surface area (Å²) in [4.78, 5) is 13.6. The second-order valence-electron chi connectivity index (χ2n) is 7.12. The molecule has 1 heterocycles. The SMILES string of the molecule is CC(C)(C)OC(=O)N1CC(NC2Cc3ccccc3C2)C1. The molecule has 0 radical (unpaired) electrons. The van der Waals surface area contributed by atoms with Crippen LogP contribution in [0.2, 0.25) is 0 Å². The van der Waals surface area contributed by atoms with Crippen molar-refractivity contribution in [3.8, 4) is 0 Å². The topological polar surface area (TPSA) is 41.6 Å². The maximum absolute atomic E-state index is 11.9. The molecule has 114 valence electrons. The fourth-order valence-corrected chi connectivity index (χ4v) is 3.07. The number of carbonyl (C=O) groups is 1. The van der Waals surface area contributed by atoms with Crippen LogP contribution in [0.1, 0.15) is 31.9 Å². The zero-order chi connectivity index (χ0) is 15.0. The van der Waals surface area contributed by atoms with Crippen LogP contribution in [0.15, 0.2) is 24.3 Å². The quantitative estimate of drug-likeness (QED) is 0.908. The van der Waals surface area contributed by atoms with Crippen LogP contribution in [0.25, 0.3) is 0 Å². The Morgan fingerprint density at radius 1 is 1.14 bits per heavy atom. The first-order valence-electron chi connectivity index (χ1n) is 7.71. The molecule has 21 heavy (non-hydrogen) atoms. The third-order valence-corrected chi connectivity index (χ3v) is 4.06. The summed E-state index contributed by atoms with van der Waals surface area (Å²) in [6.45, 7) is 7.20. The summed E-state index contributed by atoms with van der Waals surface area (Å²) in [5.74, 6) is 0. The van der Waals surface area contributed by atoms with E-state index in [0.717, 1.165) is 25.9 Å². The van der Waals surface area contributed by atoms with E-state index < -0.39 is 5.60 Å². The van der Waals surface area contributed by atoms with E-state index >= 15 is 0 Å². The number of carbonyl (C=O) groups excluding carboxylic acids is 1. The van der Waals surface area contributed by atoms with Gasteiger partial charge in [0.15, 0.2) is 0 Å². The highest BCUT2D eigenvalue weighted by atomic mass is 16.6. The molecule has 1 aliphatic carbocycles. The van der Waals surface area contributed by atoms with E-state index in [2.05, 4.69) is 29.6 Å². The smallest absolute Gasteiger partial charge is 0.410 e. The van der Waals surface area contributed by atoms with E-state index in [1.165, 1.54) is 11.1 Å². The van der Waals surface area contributed by atoms with Crippen LogP contribution in [0, 0.1) is 0 Å². The van der Waals surface area contributed by atoms with Crippen molar-refractivity contribution in [3.63, 3.8) is 0 Å². The van der Waals surface area contributed by atoms with E-state index in [9.17, 15) is 4.79 Å². The summed E-state index contributed by atoms with van der Waals surface area (Å²) in [5, 5.41) is 3.66. The molecule has 0 bridgehead atoms. The van der Waals surface area contributed by atoms with Crippen LogP contribution >= 0.6 is 0 Å². The number of hydrogen-bond donors (Lipinski definition) is 1. The lowest BCUT2D eigenvalue weighted by Crippen LogP contribution is -2.62. The van der Waals surface area contributed by atoms with Crippen molar-refractivity contribution in [2.75, 3.05) is 13.1 Å². The van der Waals surface area contributed by atoms with Gasteiger partial charge < -0.3 is 15.0 Å². The van der Waals surface area contributed by atoms with Crippen LogP contribution in [0.4, 0.5) is 4.79 Å². The number of fused-ring (bicyclic) bond motifs is 1. The van der Waals surface area contributed by atoms with Crippen molar-refractivity contribution >= 4 is 6.09 Å². The molecular weight excluding hydrogens is 264 g/mol. The Balaban J connectivity index is 1.43. The first kappa shape index (κ1) is 14.4. The molecule has 1 fully saturated rings. The molecule has 1 aliphatic heterocycles. The normalized spacial score (nSPS) is 19.3. The molecule has 0 saturated carbocycles. The first-order valence-corrected chi connectivity index (χ1v) is 7.71. The van der Waals surface area contributed by atoms with Gasteiger partial charge in [-0.2, -0.15) is 0 Å². The number of likely N-dealkylation sites (tertiary alicyclic amines) is 1. The van der Waals surface area contributed by atoms with Gasteiger partial charge in [0.1, 0.15) is 5.60 Å². The molecule has 1 N–H and O–H groups in total. The minimum absolute atomic E-state index is 0.199. The third-order valence-electron chi connectivity index (χ3n) is 4.06. The van der Waals surface area contributed by atoms with Gasteiger partial charge >= 0.3 is 6.09 Å². The fraction of sp³-hybridized carbons (Fsp3) is 0.588. The number of benzene rings is 1. The van der Waals surface area contributed by atoms with Crippen molar-refractivity contribution in [1.82, 2.24) is 10.2 Å². The van der Waals surface area contributed by atoms with Gasteiger partial charge in [0.2, 0.25) is 0 Å². The van der Waals surface area contributed by atoms with Crippen molar-refractivity contribution in [2.45, 2.75) is 51.3 Å². The lowest BCUT2D eigenvalue weighted by Gasteiger charge is -2.41. The molecule has 1 amide bonds. The molecule has 1 saturated heterocycles. The van der Waals surface area contributed by atoms with E-state index in [-0.39, 0.29) is 6.09 Å². The van der Waals surface area contributed by atoms with Gasteiger partial charge in [-0.15, -0.1) is 0 Å². The number of ether oxygens (including phenoxy) is 1. The number of hydrogen-bond acceptors (Lipinski definition) is 3. The molecule has 0 atom stereocenters. The second kappa shape index (κ2) is 5.34. The standard InChI is InChI=1S/C17H24N2O2/c1-17(2,3)21-16(20)19-10-15(11-19)18-14-8-12-6-4-5-7-13(12)9-14/h4-7,14-15,18H,8-11H2,1-3H3. The van der Waals surface area contributed by atoms with Crippen LogP contribution in [-0.4, -0.2) is 41.8 Å². The zero-order valence-electron chi connectivity index (χ0n) is 13.1. The number of nitrogens with one attached hydrogen (secondary N) is 1. The molecule has 0 aromatic heterocycles.